The molecule has 0 bridgehead atoms. The van der Waals surface area contributed by atoms with Crippen molar-refractivity contribution in [3.8, 4) is 0 Å². The van der Waals surface area contributed by atoms with Crippen LogP contribution in [0.15, 0.2) is 0 Å². The molecule has 6 heteroatoms. The molecule has 0 spiro atoms. The topological polar surface area (TPSA) is 74.0 Å². The van der Waals surface area contributed by atoms with Crippen LogP contribution in [0, 0.1) is 0 Å². The van der Waals surface area contributed by atoms with Gasteiger partial charge in [-0.3, -0.25) is 11.3 Å². The zero-order valence-corrected chi connectivity index (χ0v) is 11.2. The number of β-amino-alcohol motifs (C(OH)–C–C–N with tert-alkyl or cyclic N) is 1. The quantitative estimate of drug-likeness (QED) is 0.579. The number of nitrogens with zero attached hydrogens (tertiary/aromatic N) is 2. The minimum atomic E-state index is -0.184. The summed E-state index contributed by atoms with van der Waals surface area (Å²) in [5.41, 5.74) is 3.36. The van der Waals surface area contributed by atoms with Gasteiger partial charge in [-0.15, -0.1) is 0 Å². The number of piperidine rings is 1. The summed E-state index contributed by atoms with van der Waals surface area (Å²) < 4.78 is 5.84. The lowest BCUT2D eigenvalue weighted by atomic mass is 10.1. The van der Waals surface area contributed by atoms with Crippen molar-refractivity contribution in [2.75, 3.05) is 32.7 Å². The highest BCUT2D eigenvalue weighted by Crippen LogP contribution is 2.11. The Kier molecular flexibility index (Phi) is 5.35. The van der Waals surface area contributed by atoms with Gasteiger partial charge in [0.25, 0.3) is 0 Å². The highest BCUT2D eigenvalue weighted by Gasteiger charge is 2.23. The monoisotopic (exact) mass is 258 g/mol. The van der Waals surface area contributed by atoms with E-state index in [1.807, 2.05) is 5.01 Å². The van der Waals surface area contributed by atoms with Crippen molar-refractivity contribution in [3.63, 3.8) is 0 Å². The summed E-state index contributed by atoms with van der Waals surface area (Å²) in [7, 11) is 0. The Hall–Kier alpha value is -0.240. The van der Waals surface area contributed by atoms with Crippen LogP contribution in [-0.2, 0) is 4.74 Å². The molecule has 0 aromatic heterocycles. The molecule has 2 rings (SSSR count). The average molecular weight is 258 g/mol. The fourth-order valence-corrected chi connectivity index (χ4v) is 2.72. The number of hydrazine groups is 2. The molecular weight excluding hydrogens is 232 g/mol. The maximum atomic E-state index is 9.57. The van der Waals surface area contributed by atoms with E-state index in [1.165, 1.54) is 0 Å². The third-order valence-corrected chi connectivity index (χ3v) is 3.55. The Labute approximate surface area is 109 Å². The standard InChI is InChI=1S/C12H26N4O2/c1-10-7-15(13)9-12(18-10)4-5-14-16-6-2-3-11(17)8-16/h10-12,14,17H,2-9,13H2,1H3. The molecule has 106 valence electrons. The number of rotatable bonds is 4. The summed E-state index contributed by atoms with van der Waals surface area (Å²) in [6.07, 6.45) is 3.17. The van der Waals surface area contributed by atoms with Crippen LogP contribution in [0.1, 0.15) is 26.2 Å². The average Bonchev–Trinajstić information content (AvgIpc) is 2.27. The molecule has 6 nitrogen and oxygen atoms in total. The van der Waals surface area contributed by atoms with Crippen molar-refractivity contribution < 1.29 is 9.84 Å². The third kappa shape index (κ3) is 4.46. The van der Waals surface area contributed by atoms with Gasteiger partial charge >= 0.3 is 0 Å². The van der Waals surface area contributed by atoms with Gasteiger partial charge in [0.2, 0.25) is 0 Å². The fourth-order valence-electron chi connectivity index (χ4n) is 2.72. The molecule has 0 aromatic carbocycles. The van der Waals surface area contributed by atoms with Gasteiger partial charge in [-0.05, 0) is 26.2 Å². The van der Waals surface area contributed by atoms with Crippen molar-refractivity contribution in [3.05, 3.63) is 0 Å². The zero-order valence-electron chi connectivity index (χ0n) is 11.2. The van der Waals surface area contributed by atoms with Crippen molar-refractivity contribution in [1.29, 1.82) is 0 Å². The van der Waals surface area contributed by atoms with E-state index in [9.17, 15) is 5.11 Å². The van der Waals surface area contributed by atoms with E-state index in [0.717, 1.165) is 52.0 Å². The van der Waals surface area contributed by atoms with Crippen LogP contribution in [0.5, 0.6) is 0 Å². The highest BCUT2D eigenvalue weighted by molar-refractivity contribution is 4.74. The molecule has 4 N–H and O–H groups in total. The molecule has 0 aromatic rings. The lowest BCUT2D eigenvalue weighted by Crippen LogP contribution is -2.51. The van der Waals surface area contributed by atoms with E-state index < -0.39 is 0 Å². The van der Waals surface area contributed by atoms with E-state index in [0.29, 0.717) is 0 Å². The van der Waals surface area contributed by atoms with E-state index in [1.54, 1.807) is 0 Å². The summed E-state index contributed by atoms with van der Waals surface area (Å²) in [4.78, 5) is 0. The molecule has 0 amide bonds. The lowest BCUT2D eigenvalue weighted by molar-refractivity contribution is -0.0816. The maximum Gasteiger partial charge on any atom is 0.0732 e. The van der Waals surface area contributed by atoms with Crippen LogP contribution in [-0.4, -0.2) is 66.2 Å². The minimum absolute atomic E-state index is 0.184. The third-order valence-electron chi connectivity index (χ3n) is 3.55. The first-order valence-electron chi connectivity index (χ1n) is 6.95. The Morgan fingerprint density at radius 2 is 2.22 bits per heavy atom. The van der Waals surface area contributed by atoms with Crippen LogP contribution >= 0.6 is 0 Å². The molecule has 0 aliphatic carbocycles. The van der Waals surface area contributed by atoms with Gasteiger partial charge < -0.3 is 9.84 Å². The smallest absolute Gasteiger partial charge is 0.0732 e. The van der Waals surface area contributed by atoms with Crippen LogP contribution in [0.4, 0.5) is 0 Å². The molecule has 2 fully saturated rings. The molecule has 0 saturated carbocycles. The Balaban J connectivity index is 1.62. The largest absolute Gasteiger partial charge is 0.392 e. The summed E-state index contributed by atoms with van der Waals surface area (Å²) >= 11 is 0. The van der Waals surface area contributed by atoms with Crippen molar-refractivity contribution in [2.24, 2.45) is 5.84 Å². The zero-order chi connectivity index (χ0) is 13.0. The number of hydrogen-bond donors (Lipinski definition) is 3. The lowest BCUT2D eigenvalue weighted by Gasteiger charge is -2.35. The minimum Gasteiger partial charge on any atom is -0.392 e. The molecule has 2 saturated heterocycles. The fraction of sp³-hybridized carbons (Fsp3) is 1.00. The van der Waals surface area contributed by atoms with Gasteiger partial charge in [0.05, 0.1) is 18.3 Å². The van der Waals surface area contributed by atoms with Crippen molar-refractivity contribution in [1.82, 2.24) is 15.4 Å². The van der Waals surface area contributed by atoms with Gasteiger partial charge in [0.15, 0.2) is 0 Å². The van der Waals surface area contributed by atoms with Gasteiger partial charge in [-0.1, -0.05) is 0 Å². The summed E-state index contributed by atoms with van der Waals surface area (Å²) in [6.45, 7) is 6.28. The van der Waals surface area contributed by atoms with Crippen LogP contribution < -0.4 is 11.3 Å². The second kappa shape index (κ2) is 6.79. The molecule has 2 heterocycles. The first-order chi connectivity index (χ1) is 8.63. The van der Waals surface area contributed by atoms with E-state index in [-0.39, 0.29) is 18.3 Å². The molecule has 18 heavy (non-hydrogen) atoms. The summed E-state index contributed by atoms with van der Waals surface area (Å²) in [5, 5.41) is 13.5. The summed E-state index contributed by atoms with van der Waals surface area (Å²) in [5.74, 6) is 5.84. The Morgan fingerprint density at radius 1 is 1.39 bits per heavy atom. The molecule has 3 unspecified atom stereocenters. The molecule has 0 radical (unpaired) electrons. The number of nitrogens with one attached hydrogen (secondary N) is 1. The number of ether oxygens (including phenoxy) is 1. The normalized spacial score (nSPS) is 35.8. The Bertz CT molecular complexity index is 244. The maximum absolute atomic E-state index is 9.57. The van der Waals surface area contributed by atoms with E-state index in [4.69, 9.17) is 10.6 Å². The predicted molar refractivity (Wildman–Crippen MR) is 69.5 cm³/mol. The van der Waals surface area contributed by atoms with Crippen LogP contribution in [0.3, 0.4) is 0 Å². The SMILES string of the molecule is CC1CN(N)CC(CCNN2CCCC(O)C2)O1. The first-order valence-corrected chi connectivity index (χ1v) is 6.95. The number of morpholine rings is 1. The number of nitrogens with two attached hydrogens (primary N) is 1. The first kappa shape index (κ1) is 14.2. The molecule has 3 atom stereocenters. The van der Waals surface area contributed by atoms with E-state index in [2.05, 4.69) is 17.4 Å². The second-order valence-electron chi connectivity index (χ2n) is 5.46. The number of aliphatic hydroxyl groups excluding tert-OH is 1. The Morgan fingerprint density at radius 3 is 2.94 bits per heavy atom. The highest BCUT2D eigenvalue weighted by atomic mass is 16.5. The molecule has 2 aliphatic heterocycles. The van der Waals surface area contributed by atoms with Gasteiger partial charge in [-0.25, -0.2) is 10.0 Å². The van der Waals surface area contributed by atoms with E-state index >= 15 is 0 Å². The van der Waals surface area contributed by atoms with Crippen LogP contribution in [0.25, 0.3) is 0 Å². The number of aliphatic hydroxyl groups is 1. The number of hydrogen-bond acceptors (Lipinski definition) is 6. The van der Waals surface area contributed by atoms with Gasteiger partial charge in [0.1, 0.15) is 0 Å². The van der Waals surface area contributed by atoms with Gasteiger partial charge in [-0.2, -0.15) is 0 Å². The van der Waals surface area contributed by atoms with Crippen molar-refractivity contribution in [2.45, 2.75) is 44.5 Å². The van der Waals surface area contributed by atoms with Crippen molar-refractivity contribution >= 4 is 0 Å². The van der Waals surface area contributed by atoms with Crippen LogP contribution in [0.2, 0.25) is 0 Å². The second-order valence-corrected chi connectivity index (χ2v) is 5.46. The molecule has 2 aliphatic rings. The summed E-state index contributed by atoms with van der Waals surface area (Å²) in [6, 6.07) is 0. The molecular formula is C12H26N4O2. The predicted octanol–water partition coefficient (Wildman–Crippen LogP) is -0.699. The van der Waals surface area contributed by atoms with Gasteiger partial charge in [0, 0.05) is 32.7 Å².